The van der Waals surface area contributed by atoms with E-state index in [-0.39, 0.29) is 24.8 Å². The lowest BCUT2D eigenvalue weighted by atomic mass is 10.4. The average molecular weight is 200 g/mol. The Morgan fingerprint density at radius 1 is 1.79 bits per heavy atom. The number of carbonyl (C=O) groups excluding carboxylic acids is 1. The minimum absolute atomic E-state index is 0.0480. The standard InChI is InChI=1S/C6H8N4O4/c1-14-4-5(11)2-9-3-6(7-8-9)10(12)13/h3H,2,4H2,1H3. The topological polar surface area (TPSA) is 100 Å². The Labute approximate surface area is 78.6 Å². The highest BCUT2D eigenvalue weighted by atomic mass is 16.6. The Morgan fingerprint density at radius 2 is 2.50 bits per heavy atom. The van der Waals surface area contributed by atoms with Crippen molar-refractivity contribution in [2.75, 3.05) is 13.7 Å². The normalized spacial score (nSPS) is 10.1. The van der Waals surface area contributed by atoms with Crippen LogP contribution in [0.4, 0.5) is 5.82 Å². The minimum atomic E-state index is -0.676. The zero-order valence-electron chi connectivity index (χ0n) is 7.41. The summed E-state index contributed by atoms with van der Waals surface area (Å²) in [6, 6.07) is 0. The molecule has 0 saturated heterocycles. The zero-order valence-corrected chi connectivity index (χ0v) is 7.41. The van der Waals surface area contributed by atoms with Gasteiger partial charge in [0.05, 0.1) is 5.21 Å². The fourth-order valence-electron chi connectivity index (χ4n) is 0.836. The zero-order chi connectivity index (χ0) is 10.6. The van der Waals surface area contributed by atoms with Gasteiger partial charge in [-0.2, -0.15) is 0 Å². The summed E-state index contributed by atoms with van der Waals surface area (Å²) >= 11 is 0. The maximum atomic E-state index is 11.0. The molecule has 8 nitrogen and oxygen atoms in total. The molecule has 0 aromatic carbocycles. The van der Waals surface area contributed by atoms with Crippen LogP contribution in [-0.4, -0.2) is 39.4 Å². The maximum Gasteiger partial charge on any atom is 0.410 e. The smallest absolute Gasteiger partial charge is 0.377 e. The molecule has 8 heteroatoms. The van der Waals surface area contributed by atoms with Crippen LogP contribution in [0.2, 0.25) is 0 Å². The Kier molecular flexibility index (Phi) is 3.24. The molecule has 0 atom stereocenters. The maximum absolute atomic E-state index is 11.0. The highest BCUT2D eigenvalue weighted by Gasteiger charge is 2.13. The molecule has 1 aromatic rings. The van der Waals surface area contributed by atoms with Crippen molar-refractivity contribution in [2.45, 2.75) is 6.54 Å². The highest BCUT2D eigenvalue weighted by Crippen LogP contribution is 2.02. The number of ether oxygens (including phenoxy) is 1. The number of rotatable bonds is 5. The lowest BCUT2D eigenvalue weighted by Gasteiger charge is -1.96. The van der Waals surface area contributed by atoms with Gasteiger partial charge in [0.1, 0.15) is 24.4 Å². The van der Waals surface area contributed by atoms with Gasteiger partial charge in [0.25, 0.3) is 0 Å². The van der Waals surface area contributed by atoms with Crippen LogP contribution in [0.25, 0.3) is 0 Å². The van der Waals surface area contributed by atoms with Gasteiger partial charge in [-0.3, -0.25) is 4.79 Å². The van der Waals surface area contributed by atoms with E-state index in [0.717, 1.165) is 10.9 Å². The second kappa shape index (κ2) is 4.42. The van der Waals surface area contributed by atoms with Crippen molar-refractivity contribution in [2.24, 2.45) is 0 Å². The molecule has 1 heterocycles. The molecule has 1 rings (SSSR count). The first-order valence-corrected chi connectivity index (χ1v) is 3.68. The van der Waals surface area contributed by atoms with Gasteiger partial charge in [-0.25, -0.2) is 4.68 Å². The van der Waals surface area contributed by atoms with E-state index in [9.17, 15) is 14.9 Å². The first-order valence-electron chi connectivity index (χ1n) is 3.68. The fraction of sp³-hybridized carbons (Fsp3) is 0.500. The van der Waals surface area contributed by atoms with E-state index < -0.39 is 4.92 Å². The summed E-state index contributed by atoms with van der Waals surface area (Å²) in [5.74, 6) is -0.609. The quantitative estimate of drug-likeness (QED) is 0.464. The summed E-state index contributed by atoms with van der Waals surface area (Å²) in [5, 5.41) is 16.9. The van der Waals surface area contributed by atoms with Crippen molar-refractivity contribution >= 4 is 11.6 Å². The van der Waals surface area contributed by atoms with E-state index in [1.807, 2.05) is 0 Å². The average Bonchev–Trinajstić information content (AvgIpc) is 2.53. The van der Waals surface area contributed by atoms with Gasteiger partial charge in [0.15, 0.2) is 5.78 Å². The van der Waals surface area contributed by atoms with E-state index >= 15 is 0 Å². The molecule has 76 valence electrons. The summed E-state index contributed by atoms with van der Waals surface area (Å²) in [5.41, 5.74) is 0. The molecular weight excluding hydrogens is 192 g/mol. The Morgan fingerprint density at radius 3 is 3.00 bits per heavy atom. The molecule has 0 saturated carbocycles. The van der Waals surface area contributed by atoms with Gasteiger partial charge in [0.2, 0.25) is 0 Å². The summed E-state index contributed by atoms with van der Waals surface area (Å²) in [7, 11) is 1.39. The van der Waals surface area contributed by atoms with Crippen LogP contribution in [0.1, 0.15) is 0 Å². The Hall–Kier alpha value is -1.83. The molecule has 0 bridgehead atoms. The molecule has 0 unspecified atom stereocenters. The molecule has 0 aliphatic carbocycles. The molecule has 0 amide bonds. The van der Waals surface area contributed by atoms with Crippen LogP contribution < -0.4 is 0 Å². The minimum Gasteiger partial charge on any atom is -0.377 e. The first kappa shape index (κ1) is 10.3. The van der Waals surface area contributed by atoms with Crippen LogP contribution in [-0.2, 0) is 16.1 Å². The van der Waals surface area contributed by atoms with E-state index in [1.165, 1.54) is 7.11 Å². The van der Waals surface area contributed by atoms with E-state index in [0.29, 0.717) is 0 Å². The number of Topliss-reactive ketones (excluding diaryl/α,β-unsaturated/α-hetero) is 1. The molecule has 0 aliphatic heterocycles. The number of ketones is 1. The number of hydrogen-bond acceptors (Lipinski definition) is 6. The molecule has 14 heavy (non-hydrogen) atoms. The van der Waals surface area contributed by atoms with Gasteiger partial charge < -0.3 is 14.9 Å². The predicted molar refractivity (Wildman–Crippen MR) is 43.6 cm³/mol. The molecule has 0 fully saturated rings. The van der Waals surface area contributed by atoms with Gasteiger partial charge in [-0.15, -0.1) is 0 Å². The van der Waals surface area contributed by atoms with Crippen LogP contribution in [0.15, 0.2) is 6.20 Å². The third-order valence-corrected chi connectivity index (χ3v) is 1.36. The lowest BCUT2D eigenvalue weighted by Crippen LogP contribution is -2.15. The molecule has 0 spiro atoms. The number of methoxy groups -OCH3 is 1. The second-order valence-corrected chi connectivity index (χ2v) is 2.50. The van der Waals surface area contributed by atoms with Gasteiger partial charge in [0, 0.05) is 7.11 Å². The van der Waals surface area contributed by atoms with E-state index in [2.05, 4.69) is 15.0 Å². The van der Waals surface area contributed by atoms with Gasteiger partial charge in [-0.05, 0) is 4.92 Å². The summed E-state index contributed by atoms with van der Waals surface area (Å²) in [6.45, 7) is -0.123. The Balaban J connectivity index is 2.59. The largest absolute Gasteiger partial charge is 0.410 e. The molecule has 0 radical (unpaired) electrons. The third kappa shape index (κ3) is 2.59. The van der Waals surface area contributed by atoms with Crippen LogP contribution in [0.3, 0.4) is 0 Å². The number of hydrogen-bond donors (Lipinski definition) is 0. The number of aromatic nitrogens is 3. The van der Waals surface area contributed by atoms with Gasteiger partial charge in [-0.1, -0.05) is 0 Å². The van der Waals surface area contributed by atoms with Crippen molar-refractivity contribution in [1.82, 2.24) is 15.0 Å². The number of carbonyl (C=O) groups is 1. The van der Waals surface area contributed by atoms with Crippen molar-refractivity contribution in [3.63, 3.8) is 0 Å². The molecule has 1 aromatic heterocycles. The fourth-order valence-corrected chi connectivity index (χ4v) is 0.836. The molecular formula is C6H8N4O4. The Bertz CT molecular complexity index is 347. The predicted octanol–water partition coefficient (Wildman–Crippen LogP) is -0.598. The lowest BCUT2D eigenvalue weighted by molar-refractivity contribution is -0.389. The van der Waals surface area contributed by atoms with Crippen molar-refractivity contribution in [3.8, 4) is 0 Å². The van der Waals surface area contributed by atoms with Crippen molar-refractivity contribution < 1.29 is 14.5 Å². The van der Waals surface area contributed by atoms with Gasteiger partial charge >= 0.3 is 5.82 Å². The monoisotopic (exact) mass is 200 g/mol. The van der Waals surface area contributed by atoms with Crippen LogP contribution in [0.5, 0.6) is 0 Å². The third-order valence-electron chi connectivity index (χ3n) is 1.36. The summed E-state index contributed by atoms with van der Waals surface area (Å²) in [4.78, 5) is 20.5. The van der Waals surface area contributed by atoms with Crippen LogP contribution >= 0.6 is 0 Å². The first-order chi connectivity index (χ1) is 6.63. The summed E-state index contributed by atoms with van der Waals surface area (Å²) < 4.78 is 5.68. The molecule has 0 aliphatic rings. The number of nitro groups is 1. The van der Waals surface area contributed by atoms with Crippen LogP contribution in [0, 0.1) is 10.1 Å². The van der Waals surface area contributed by atoms with Crippen molar-refractivity contribution in [3.05, 3.63) is 16.3 Å². The number of nitrogens with zero attached hydrogens (tertiary/aromatic N) is 4. The summed E-state index contributed by atoms with van der Waals surface area (Å²) in [6.07, 6.45) is 1.09. The van der Waals surface area contributed by atoms with Crippen molar-refractivity contribution in [1.29, 1.82) is 0 Å². The highest BCUT2D eigenvalue weighted by molar-refractivity contribution is 5.79. The molecule has 0 N–H and O–H groups in total. The SMILES string of the molecule is COCC(=O)Cn1cc([N+](=O)[O-])nn1. The second-order valence-electron chi connectivity index (χ2n) is 2.50. The van der Waals surface area contributed by atoms with E-state index in [1.54, 1.807) is 0 Å². The van der Waals surface area contributed by atoms with E-state index in [4.69, 9.17) is 0 Å².